The molecule has 6 aliphatic rings. The molecule has 6 aliphatic carbocycles. The second-order valence-corrected chi connectivity index (χ2v) is 20.4. The molecule has 4 bridgehead atoms. The maximum Gasteiger partial charge on any atom is 0.0502 e. The van der Waals surface area contributed by atoms with Crippen LogP contribution in [0.3, 0.4) is 0 Å². The summed E-state index contributed by atoms with van der Waals surface area (Å²) in [6.07, 6.45) is 9.49. The van der Waals surface area contributed by atoms with Gasteiger partial charge in [-0.15, -0.1) is 0 Å². The van der Waals surface area contributed by atoms with Crippen molar-refractivity contribution in [3.8, 4) is 33.4 Å². The van der Waals surface area contributed by atoms with E-state index in [1.54, 1.807) is 11.1 Å². The van der Waals surface area contributed by atoms with Gasteiger partial charge in [-0.2, -0.15) is 0 Å². The van der Waals surface area contributed by atoms with E-state index >= 15 is 0 Å². The summed E-state index contributed by atoms with van der Waals surface area (Å²) < 4.78 is 0. The van der Waals surface area contributed by atoms with Crippen molar-refractivity contribution in [3.63, 3.8) is 0 Å². The molecule has 59 heavy (non-hydrogen) atoms. The zero-order chi connectivity index (χ0) is 39.7. The lowest BCUT2D eigenvalue weighted by molar-refractivity contribution is -0.0399. The number of benzene rings is 7. The highest BCUT2D eigenvalue weighted by molar-refractivity contribution is 5.97. The molecule has 7 aromatic rings. The van der Waals surface area contributed by atoms with E-state index in [9.17, 15) is 0 Å². The summed E-state index contributed by atoms with van der Waals surface area (Å²) in [5.41, 5.74) is 18.5. The Morgan fingerprint density at radius 1 is 0.441 bits per heavy atom. The van der Waals surface area contributed by atoms with Gasteiger partial charge in [0, 0.05) is 16.8 Å². The van der Waals surface area contributed by atoms with Crippen LogP contribution in [0, 0.1) is 23.7 Å². The Balaban J connectivity index is 0.995. The fourth-order valence-corrected chi connectivity index (χ4v) is 13.8. The minimum absolute atomic E-state index is 0.0500. The Hall–Kier alpha value is -5.40. The van der Waals surface area contributed by atoms with E-state index in [-0.39, 0.29) is 16.2 Å². The summed E-state index contributed by atoms with van der Waals surface area (Å²) >= 11 is 0. The monoisotopic (exact) mass is 765 g/mol. The van der Waals surface area contributed by atoms with E-state index in [0.717, 1.165) is 23.7 Å². The van der Waals surface area contributed by atoms with Crippen LogP contribution in [0.5, 0.6) is 0 Å². The molecule has 0 N–H and O–H groups in total. The van der Waals surface area contributed by atoms with E-state index in [1.165, 1.54) is 117 Å². The minimum Gasteiger partial charge on any atom is -0.310 e. The lowest BCUT2D eigenvalue weighted by Gasteiger charge is -2.61. The van der Waals surface area contributed by atoms with Crippen molar-refractivity contribution in [3.05, 3.63) is 174 Å². The van der Waals surface area contributed by atoms with Gasteiger partial charge in [-0.05, 0) is 176 Å². The van der Waals surface area contributed by atoms with Crippen LogP contribution in [0.4, 0.5) is 17.1 Å². The zero-order valence-electron chi connectivity index (χ0n) is 35.1. The van der Waals surface area contributed by atoms with Gasteiger partial charge in [0.2, 0.25) is 0 Å². The first-order valence-electron chi connectivity index (χ1n) is 22.6. The van der Waals surface area contributed by atoms with Crippen LogP contribution in [0.15, 0.2) is 152 Å². The number of nitrogens with zero attached hydrogens (tertiary/aromatic N) is 1. The molecule has 1 heteroatoms. The largest absolute Gasteiger partial charge is 0.310 e. The van der Waals surface area contributed by atoms with Gasteiger partial charge in [0.15, 0.2) is 0 Å². The normalized spacial score (nSPS) is 25.2. The Morgan fingerprint density at radius 3 is 1.69 bits per heavy atom. The van der Waals surface area contributed by atoms with E-state index in [4.69, 9.17) is 0 Å². The quantitative estimate of drug-likeness (QED) is 0.169. The highest BCUT2D eigenvalue weighted by Gasteiger charge is 2.61. The maximum atomic E-state index is 2.55. The molecule has 4 saturated carbocycles. The predicted molar refractivity (Wildman–Crippen MR) is 248 cm³/mol. The van der Waals surface area contributed by atoms with Gasteiger partial charge >= 0.3 is 0 Å². The highest BCUT2D eigenvalue weighted by atomic mass is 15.1. The first-order chi connectivity index (χ1) is 28.7. The van der Waals surface area contributed by atoms with Gasteiger partial charge < -0.3 is 4.90 Å². The Labute approximate surface area is 351 Å². The number of fused-ring (bicyclic) bond motifs is 5. The highest BCUT2D eigenvalue weighted by Crippen LogP contribution is 2.70. The molecular formula is C58H55N. The fourth-order valence-electron chi connectivity index (χ4n) is 13.8. The molecule has 0 radical (unpaired) electrons. The standard InChI is InChI=1S/C58H55N/c1-56(2)30-31-57(3,4)55-52(56)20-11-21-53(55)59(44-26-22-40(23-27-44)47-16-9-13-39-12-5-6-14-46(39)47)45-28-24-41(25-29-45)48-17-10-19-51-54(48)49-15-7-8-18-50(49)58(51)42-33-37-32-38(35-42)36-43(58)34-37/h5-29,37-38,42-43H,30-36H2,1-4H3. The SMILES string of the molecule is CC1(C)CCC(C)(C)c2c(N(c3ccc(-c4cccc5c4-c4ccccc4C54C5CC6CC(C5)CC4C6)cc3)c3ccc(-c4cccc5ccccc45)cc3)cccc21. The second-order valence-electron chi connectivity index (χ2n) is 20.4. The van der Waals surface area contributed by atoms with E-state index in [0.29, 0.717) is 0 Å². The van der Waals surface area contributed by atoms with Crippen LogP contribution in [0.2, 0.25) is 0 Å². The van der Waals surface area contributed by atoms with Crippen LogP contribution in [0.25, 0.3) is 44.2 Å². The number of rotatable bonds is 5. The van der Waals surface area contributed by atoms with Crippen molar-refractivity contribution in [2.75, 3.05) is 4.90 Å². The van der Waals surface area contributed by atoms with Crippen molar-refractivity contribution in [1.82, 2.24) is 0 Å². The topological polar surface area (TPSA) is 3.24 Å². The lowest BCUT2D eigenvalue weighted by Crippen LogP contribution is -2.55. The van der Waals surface area contributed by atoms with Gasteiger partial charge in [-0.3, -0.25) is 0 Å². The zero-order valence-corrected chi connectivity index (χ0v) is 35.1. The molecule has 0 aliphatic heterocycles. The molecule has 0 unspecified atom stereocenters. The molecule has 1 spiro atoms. The third-order valence-electron chi connectivity index (χ3n) is 16.3. The summed E-state index contributed by atoms with van der Waals surface area (Å²) in [7, 11) is 0. The average Bonchev–Trinajstić information content (AvgIpc) is 3.56. The molecule has 0 amide bonds. The van der Waals surface area contributed by atoms with Gasteiger partial charge in [0.25, 0.3) is 0 Å². The molecular weight excluding hydrogens is 711 g/mol. The summed E-state index contributed by atoms with van der Waals surface area (Å²) in [4.78, 5) is 2.55. The van der Waals surface area contributed by atoms with E-state index in [2.05, 4.69) is 184 Å². The van der Waals surface area contributed by atoms with E-state index < -0.39 is 0 Å². The molecule has 1 nitrogen and oxygen atoms in total. The summed E-state index contributed by atoms with van der Waals surface area (Å²) in [6, 6.07) is 58.3. The molecule has 0 saturated heterocycles. The lowest BCUT2D eigenvalue weighted by atomic mass is 9.43. The van der Waals surface area contributed by atoms with Gasteiger partial charge in [0.05, 0.1) is 5.69 Å². The molecule has 0 heterocycles. The fraction of sp³-hybridized carbons (Fsp3) is 0.310. The smallest absolute Gasteiger partial charge is 0.0502 e. The third kappa shape index (κ3) is 5.16. The second kappa shape index (κ2) is 12.8. The molecule has 292 valence electrons. The van der Waals surface area contributed by atoms with Crippen molar-refractivity contribution >= 4 is 27.8 Å². The molecule has 0 aromatic heterocycles. The van der Waals surface area contributed by atoms with Gasteiger partial charge in [-0.1, -0.05) is 149 Å². The Bertz CT molecular complexity index is 2750. The van der Waals surface area contributed by atoms with Crippen molar-refractivity contribution in [2.45, 2.75) is 88.9 Å². The Morgan fingerprint density at radius 2 is 0.966 bits per heavy atom. The average molecular weight is 766 g/mol. The first kappa shape index (κ1) is 35.5. The number of hydrogen-bond acceptors (Lipinski definition) is 1. The van der Waals surface area contributed by atoms with Crippen molar-refractivity contribution in [1.29, 1.82) is 0 Å². The maximum absolute atomic E-state index is 2.55. The summed E-state index contributed by atoms with van der Waals surface area (Å²) in [6.45, 7) is 9.79. The number of anilines is 3. The van der Waals surface area contributed by atoms with Crippen LogP contribution in [0.1, 0.15) is 94.9 Å². The number of hydrogen-bond donors (Lipinski definition) is 0. The molecule has 4 fully saturated rings. The predicted octanol–water partition coefficient (Wildman–Crippen LogP) is 15.7. The van der Waals surface area contributed by atoms with Crippen LogP contribution in [-0.4, -0.2) is 0 Å². The Kier molecular flexibility index (Phi) is 7.71. The minimum atomic E-state index is 0.0500. The van der Waals surface area contributed by atoms with Gasteiger partial charge in [0.1, 0.15) is 0 Å². The van der Waals surface area contributed by atoms with Crippen LogP contribution in [-0.2, 0) is 16.2 Å². The molecule has 7 aromatic carbocycles. The third-order valence-corrected chi connectivity index (χ3v) is 16.3. The van der Waals surface area contributed by atoms with Crippen molar-refractivity contribution < 1.29 is 0 Å². The van der Waals surface area contributed by atoms with E-state index in [1.807, 2.05) is 0 Å². The first-order valence-corrected chi connectivity index (χ1v) is 22.6. The van der Waals surface area contributed by atoms with Crippen molar-refractivity contribution in [2.24, 2.45) is 23.7 Å². The summed E-state index contributed by atoms with van der Waals surface area (Å²) in [5, 5.41) is 2.57. The molecule has 0 atom stereocenters. The van der Waals surface area contributed by atoms with Crippen LogP contribution >= 0.6 is 0 Å². The van der Waals surface area contributed by atoms with Crippen LogP contribution < -0.4 is 4.90 Å². The molecule has 13 rings (SSSR count). The van der Waals surface area contributed by atoms with Gasteiger partial charge in [-0.25, -0.2) is 0 Å². The summed E-state index contributed by atoms with van der Waals surface area (Å²) in [5.74, 6) is 3.43.